The number of amides is 7. The zero-order chi connectivity index (χ0) is 53.0. The van der Waals surface area contributed by atoms with Gasteiger partial charge in [-0.3, -0.25) is 33.6 Å². The van der Waals surface area contributed by atoms with Gasteiger partial charge in [0.05, 0.1) is 13.2 Å². The van der Waals surface area contributed by atoms with Crippen LogP contribution in [0.1, 0.15) is 83.6 Å². The molecule has 2 aliphatic heterocycles. The lowest BCUT2D eigenvalue weighted by molar-refractivity contribution is -0.314. The van der Waals surface area contributed by atoms with Crippen molar-refractivity contribution in [1.82, 2.24) is 35.6 Å². The van der Waals surface area contributed by atoms with Gasteiger partial charge in [-0.2, -0.15) is 13.2 Å². The number of nitrogens with one attached hydrogen (secondary N) is 3. The minimum absolute atomic E-state index is 0.0466. The van der Waals surface area contributed by atoms with Crippen LogP contribution in [-0.4, -0.2) is 177 Å². The Morgan fingerprint density at radius 1 is 0.944 bits per heavy atom. The van der Waals surface area contributed by atoms with Crippen molar-refractivity contribution in [2.45, 2.75) is 139 Å². The van der Waals surface area contributed by atoms with Gasteiger partial charge in [-0.15, -0.1) is 0 Å². The van der Waals surface area contributed by atoms with Crippen molar-refractivity contribution in [3.05, 3.63) is 33.8 Å². The highest BCUT2D eigenvalue weighted by atomic mass is 35.5. The molecule has 0 unspecified atom stereocenters. The van der Waals surface area contributed by atoms with Crippen molar-refractivity contribution < 1.29 is 69.4 Å². The molecule has 0 bridgehead atoms. The maximum atomic E-state index is 15.1. The lowest BCUT2D eigenvalue weighted by atomic mass is 9.43. The van der Waals surface area contributed by atoms with Gasteiger partial charge in [0.2, 0.25) is 47.3 Å². The van der Waals surface area contributed by atoms with Crippen molar-refractivity contribution in [1.29, 1.82) is 0 Å². The van der Waals surface area contributed by atoms with E-state index in [1.54, 1.807) is 19.9 Å². The number of ether oxygens (including phenoxy) is 2. The number of carbonyl (C=O) groups excluding carboxylic acids is 7. The summed E-state index contributed by atoms with van der Waals surface area (Å²) in [5.41, 5.74) is -4.12. The monoisotopic (exact) mass is 1060 g/mol. The number of halogens is 8. The van der Waals surface area contributed by atoms with Crippen LogP contribution in [0.3, 0.4) is 0 Å². The number of alkyl halides is 6. The predicted molar refractivity (Wildman–Crippen MR) is 248 cm³/mol. The minimum Gasteiger partial charge on any atom is -0.385 e. The molecule has 4 aliphatic rings. The van der Waals surface area contributed by atoms with E-state index in [1.165, 1.54) is 52.4 Å². The smallest absolute Gasteiger partial charge is 0.385 e. The van der Waals surface area contributed by atoms with Gasteiger partial charge in [-0.25, -0.2) is 13.2 Å². The first-order valence-electron chi connectivity index (χ1n) is 23.6. The molecule has 1 aromatic rings. The van der Waals surface area contributed by atoms with Crippen molar-refractivity contribution in [3.8, 4) is 0 Å². The van der Waals surface area contributed by atoms with Crippen LogP contribution in [0.4, 0.5) is 26.3 Å². The van der Waals surface area contributed by atoms with Gasteiger partial charge in [-0.1, -0.05) is 37.0 Å². The average Bonchev–Trinajstić information content (AvgIpc) is 3.67. The van der Waals surface area contributed by atoms with Gasteiger partial charge >= 0.3 is 6.18 Å². The van der Waals surface area contributed by atoms with Crippen LogP contribution >= 0.6 is 23.2 Å². The summed E-state index contributed by atoms with van der Waals surface area (Å²) < 4.78 is 97.4. The maximum Gasteiger partial charge on any atom is 0.403 e. The van der Waals surface area contributed by atoms with Gasteiger partial charge in [0.1, 0.15) is 47.8 Å². The van der Waals surface area contributed by atoms with E-state index >= 15 is 4.39 Å². The summed E-state index contributed by atoms with van der Waals surface area (Å²) in [5, 5.41) is 8.52. The van der Waals surface area contributed by atoms with Crippen LogP contribution in [0.5, 0.6) is 0 Å². The van der Waals surface area contributed by atoms with E-state index in [9.17, 15) is 55.5 Å². The molecule has 24 heteroatoms. The Bertz CT molecular complexity index is 2140. The van der Waals surface area contributed by atoms with Crippen LogP contribution < -0.4 is 16.0 Å². The van der Waals surface area contributed by atoms with Crippen molar-refractivity contribution >= 4 is 64.6 Å². The first-order valence-corrected chi connectivity index (χ1v) is 24.4. The van der Waals surface area contributed by atoms with E-state index in [2.05, 4.69) is 16.0 Å². The molecule has 0 aromatic heterocycles. The summed E-state index contributed by atoms with van der Waals surface area (Å²) in [4.78, 5) is 104. The maximum absolute atomic E-state index is 15.1. The number of methoxy groups -OCH3 is 2. The average molecular weight is 1060 g/mol. The molecule has 71 heavy (non-hydrogen) atoms. The van der Waals surface area contributed by atoms with Crippen LogP contribution in [0.2, 0.25) is 10.0 Å². The molecule has 1 spiro atoms. The number of rotatable bonds is 14. The highest BCUT2D eigenvalue weighted by Crippen LogP contribution is 2.73. The molecular weight excluding hydrogens is 991 g/mol. The Morgan fingerprint density at radius 3 is 2.18 bits per heavy atom. The van der Waals surface area contributed by atoms with Crippen LogP contribution in [0.15, 0.2) is 18.2 Å². The van der Waals surface area contributed by atoms with Gasteiger partial charge in [0, 0.05) is 84.2 Å². The Morgan fingerprint density at radius 2 is 1.59 bits per heavy atom. The fourth-order valence-corrected chi connectivity index (χ4v) is 10.9. The fraction of sp³-hybridized carbons (Fsp3) is 0.723. The van der Waals surface area contributed by atoms with E-state index < -0.39 is 145 Å². The molecule has 398 valence electrons. The number of hydrogen-bond donors (Lipinski definition) is 3. The number of nitrogens with zero attached hydrogens (tertiary/aromatic N) is 4. The number of hydrogen-bond acceptors (Lipinski definition) is 9. The normalized spacial score (nSPS) is 26.6. The van der Waals surface area contributed by atoms with Crippen molar-refractivity contribution in [3.63, 3.8) is 0 Å². The number of likely N-dealkylation sites (tertiary alicyclic amines) is 1. The first-order chi connectivity index (χ1) is 33.1. The second-order valence-corrected chi connectivity index (χ2v) is 21.0. The molecule has 5 rings (SSSR count). The molecule has 2 saturated heterocycles. The number of benzene rings is 1. The van der Waals surface area contributed by atoms with E-state index in [-0.39, 0.29) is 69.2 Å². The van der Waals surface area contributed by atoms with Crippen LogP contribution in [0.25, 0.3) is 0 Å². The van der Waals surface area contributed by atoms with E-state index in [4.69, 9.17) is 32.7 Å². The Kier molecular flexibility index (Phi) is 18.8. The molecule has 2 saturated carbocycles. The third-order valence-electron chi connectivity index (χ3n) is 14.1. The summed E-state index contributed by atoms with van der Waals surface area (Å²) in [6.45, 7) is 2.46. The molecule has 3 N–H and O–H groups in total. The van der Waals surface area contributed by atoms with E-state index in [1.807, 2.05) is 0 Å². The second-order valence-electron chi connectivity index (χ2n) is 20.1. The van der Waals surface area contributed by atoms with Gasteiger partial charge in [-0.05, 0) is 80.0 Å². The molecule has 0 radical (unpaired) electrons. The molecule has 16 nitrogen and oxygen atoms in total. The fourth-order valence-electron chi connectivity index (χ4n) is 10.5. The molecule has 7 atom stereocenters. The van der Waals surface area contributed by atoms with Crippen molar-refractivity contribution in [2.75, 3.05) is 61.7 Å². The Labute approximate surface area is 419 Å². The van der Waals surface area contributed by atoms with Crippen LogP contribution in [-0.2, 0) is 49.5 Å². The summed E-state index contributed by atoms with van der Waals surface area (Å²) in [6, 6.07) is -3.90. The topological polar surface area (TPSA) is 187 Å². The minimum atomic E-state index is -5.20. The van der Waals surface area contributed by atoms with Gasteiger partial charge in [0.15, 0.2) is 0 Å². The van der Waals surface area contributed by atoms with E-state index in [0.717, 1.165) is 9.80 Å². The van der Waals surface area contributed by atoms with E-state index in [0.29, 0.717) is 15.5 Å². The molecule has 4 fully saturated rings. The Hall–Kier alpha value is -4.41. The van der Waals surface area contributed by atoms with Gasteiger partial charge in [0.25, 0.3) is 0 Å². The molecule has 2 aliphatic carbocycles. The quantitative estimate of drug-likeness (QED) is 0.222. The lowest BCUT2D eigenvalue weighted by Crippen LogP contribution is -2.68. The summed E-state index contributed by atoms with van der Waals surface area (Å²) in [5.74, 6) is -9.80. The predicted octanol–water partition coefficient (Wildman–Crippen LogP) is 4.71. The third kappa shape index (κ3) is 13.2. The summed E-state index contributed by atoms with van der Waals surface area (Å²) in [6.07, 6.45) is -11.3. The summed E-state index contributed by atoms with van der Waals surface area (Å²) in [7, 11) is 6.78. The highest BCUT2D eigenvalue weighted by molar-refractivity contribution is 6.33. The zero-order valence-corrected chi connectivity index (χ0v) is 42.5. The third-order valence-corrected chi connectivity index (χ3v) is 14.7. The zero-order valence-electron chi connectivity index (χ0n) is 40.9. The molecular formula is C47H65Cl2F6N7O9. The SMILES string of the molecule is COCC[C@H](NC(=O)[C@@H]1C[C@@H](F)CN1C(=O)C1(C(F)(F)F)CC2(CC(F)(F)C2)C1)C(=O)N(C)[C@H]1CCCCN(C)C(=O)[C@@H](COC)NC(=O)[C@H](Cc2cc(Cl)ccc2Cl)N(C)C(=O)[C@H](CC(C)C)NC1=O. The highest BCUT2D eigenvalue weighted by Gasteiger charge is 2.77. The van der Waals surface area contributed by atoms with Crippen LogP contribution in [0, 0.1) is 16.7 Å². The Balaban J connectivity index is 1.44. The molecule has 7 amide bonds. The standard InChI is InChI=1S/C47H65Cl2F6N7O9/c1-26(2)16-32-42(68)61(5)35(18-27-17-28(48)11-12-30(27)49)38(64)58-33(21-71-7)40(66)59(3)14-9-8-10-34(37(63)57-32)60(4)41(67)31(13-15-70-6)56-39(65)36-19-29(50)20-62(36)43(69)45(47(53,54)55)22-44(23-45)24-46(51,52)25-44/h11-12,17,26,29,31-36H,8-10,13-16,18-25H2,1-7H3,(H,56,65)(H,57,63)(H,58,64)/t29-,31+,32+,33-,34+,35+,36+/m1/s1. The first kappa shape index (κ1) is 57.5. The molecule has 2 heterocycles. The molecule has 1 aromatic carbocycles. The lowest BCUT2D eigenvalue weighted by Gasteiger charge is -2.62. The van der Waals surface area contributed by atoms with Crippen molar-refractivity contribution in [2.24, 2.45) is 16.7 Å². The second kappa shape index (κ2) is 23.2. The van der Waals surface area contributed by atoms with Gasteiger partial charge < -0.3 is 45.0 Å². The number of likely N-dealkylation sites (N-methyl/N-ethyl adjacent to an activating group) is 3. The largest absolute Gasteiger partial charge is 0.403 e. The summed E-state index contributed by atoms with van der Waals surface area (Å²) >= 11 is 12.8. The number of carbonyl (C=O) groups is 7.